The maximum Gasteiger partial charge on any atom is 0.375 e. The lowest BCUT2D eigenvalue weighted by molar-refractivity contribution is 0.372. The summed E-state index contributed by atoms with van der Waals surface area (Å²) in [4.78, 5) is 0. The van der Waals surface area contributed by atoms with Crippen molar-refractivity contribution in [1.82, 2.24) is 4.31 Å². The average Bonchev–Trinajstić information content (AvgIpc) is 2.52. The summed E-state index contributed by atoms with van der Waals surface area (Å²) in [7, 11) is -0.0734. The molecular formula is C14H18FNO5S. The van der Waals surface area contributed by atoms with E-state index in [1.807, 2.05) is 0 Å². The lowest BCUT2D eigenvalue weighted by Crippen LogP contribution is -2.31. The number of nitrogens with zero attached hydrogens (tertiary/aromatic N) is 1. The van der Waals surface area contributed by atoms with Crippen molar-refractivity contribution in [3.05, 3.63) is 23.8 Å². The van der Waals surface area contributed by atoms with Crippen molar-refractivity contribution in [2.75, 3.05) is 34.4 Å². The van der Waals surface area contributed by atoms with Gasteiger partial charge in [-0.3, -0.25) is 0 Å². The molecule has 0 aromatic heterocycles. The van der Waals surface area contributed by atoms with Gasteiger partial charge in [-0.05, 0) is 12.0 Å². The Bertz CT molecular complexity index is 661. The smallest absolute Gasteiger partial charge is 0.375 e. The van der Waals surface area contributed by atoms with Gasteiger partial charge < -0.3 is 14.2 Å². The van der Waals surface area contributed by atoms with Crippen LogP contribution in [0.25, 0.3) is 5.57 Å². The Balaban J connectivity index is 2.43. The lowest BCUT2D eigenvalue weighted by Gasteiger charge is -2.24. The molecule has 0 atom stereocenters. The van der Waals surface area contributed by atoms with Crippen LogP contribution in [-0.2, 0) is 10.4 Å². The number of benzene rings is 1. The van der Waals surface area contributed by atoms with Crippen molar-refractivity contribution >= 4 is 16.0 Å². The molecular weight excluding hydrogens is 313 g/mol. The predicted molar refractivity (Wildman–Crippen MR) is 80.3 cm³/mol. The van der Waals surface area contributed by atoms with E-state index in [0.29, 0.717) is 23.7 Å². The van der Waals surface area contributed by atoms with E-state index in [-0.39, 0.29) is 13.1 Å². The molecule has 0 bridgehead atoms. The fourth-order valence-electron chi connectivity index (χ4n) is 2.40. The molecule has 1 heterocycles. The van der Waals surface area contributed by atoms with Crippen LogP contribution in [0.2, 0.25) is 0 Å². The molecule has 0 amide bonds. The zero-order chi connectivity index (χ0) is 16.3. The molecule has 1 aliphatic rings. The van der Waals surface area contributed by atoms with Crippen LogP contribution in [0.1, 0.15) is 12.0 Å². The molecule has 2 rings (SSSR count). The van der Waals surface area contributed by atoms with Crippen LogP contribution in [0.15, 0.2) is 18.2 Å². The minimum absolute atomic E-state index is 0.0213. The zero-order valence-electron chi connectivity index (χ0n) is 12.6. The predicted octanol–water partition coefficient (Wildman–Crippen LogP) is 2.02. The molecule has 0 unspecified atom stereocenters. The average molecular weight is 331 g/mol. The highest BCUT2D eigenvalue weighted by atomic mass is 32.3. The Morgan fingerprint density at radius 2 is 1.68 bits per heavy atom. The maximum atomic E-state index is 13.0. The second-order valence-corrected chi connectivity index (χ2v) is 6.03. The van der Waals surface area contributed by atoms with Crippen molar-refractivity contribution in [2.24, 2.45) is 0 Å². The fourth-order valence-corrected chi connectivity index (χ4v) is 2.96. The molecule has 0 saturated carbocycles. The second-order valence-electron chi connectivity index (χ2n) is 4.69. The van der Waals surface area contributed by atoms with Gasteiger partial charge in [-0.25, -0.2) is 0 Å². The van der Waals surface area contributed by atoms with Gasteiger partial charge in [0, 0.05) is 25.2 Å². The summed E-state index contributed by atoms with van der Waals surface area (Å²) in [6.45, 7) is 0.0511. The van der Waals surface area contributed by atoms with Gasteiger partial charge in [0.2, 0.25) is 0 Å². The van der Waals surface area contributed by atoms with E-state index in [2.05, 4.69) is 0 Å². The Hall–Kier alpha value is -1.80. The Morgan fingerprint density at radius 3 is 2.05 bits per heavy atom. The summed E-state index contributed by atoms with van der Waals surface area (Å²) >= 11 is 0. The molecule has 0 N–H and O–H groups in total. The molecule has 1 aromatic rings. The van der Waals surface area contributed by atoms with Crippen molar-refractivity contribution in [1.29, 1.82) is 0 Å². The molecule has 0 saturated heterocycles. The van der Waals surface area contributed by atoms with E-state index in [0.717, 1.165) is 15.4 Å². The highest BCUT2D eigenvalue weighted by Gasteiger charge is 2.26. The minimum Gasteiger partial charge on any atom is -0.496 e. The Kier molecular flexibility index (Phi) is 4.92. The van der Waals surface area contributed by atoms with Gasteiger partial charge in [-0.15, -0.1) is 0 Å². The summed E-state index contributed by atoms with van der Waals surface area (Å²) in [5, 5.41) is 0. The first kappa shape index (κ1) is 16.6. The minimum atomic E-state index is -4.67. The standard InChI is InChI=1S/C14H18FNO5S/c1-19-11-8-12(20-2)14(13(9-11)21-3)10-4-6-16(7-5-10)22(15,17)18/h4,8-9H,5-7H2,1-3H3. The molecule has 1 aliphatic heterocycles. The van der Waals surface area contributed by atoms with E-state index < -0.39 is 10.4 Å². The van der Waals surface area contributed by atoms with Crippen LogP contribution in [0, 0.1) is 0 Å². The SMILES string of the molecule is COc1cc(OC)c(C2=CCN(S(=O)(=O)F)CC2)c(OC)c1. The molecule has 122 valence electrons. The van der Waals surface area contributed by atoms with E-state index in [1.165, 1.54) is 21.3 Å². The first-order valence-corrected chi connectivity index (χ1v) is 7.94. The first-order valence-electron chi connectivity index (χ1n) is 6.59. The third-order valence-corrected chi connectivity index (χ3v) is 4.46. The number of ether oxygens (including phenoxy) is 3. The normalized spacial score (nSPS) is 16.1. The van der Waals surface area contributed by atoms with Crippen LogP contribution in [0.5, 0.6) is 17.2 Å². The monoisotopic (exact) mass is 331 g/mol. The van der Waals surface area contributed by atoms with Crippen LogP contribution < -0.4 is 14.2 Å². The van der Waals surface area contributed by atoms with E-state index in [9.17, 15) is 12.3 Å². The summed E-state index contributed by atoms with van der Waals surface area (Å²) in [5.41, 5.74) is 1.57. The van der Waals surface area contributed by atoms with Crippen molar-refractivity contribution < 1.29 is 26.5 Å². The fraction of sp³-hybridized carbons (Fsp3) is 0.429. The largest absolute Gasteiger partial charge is 0.496 e. The van der Waals surface area contributed by atoms with Gasteiger partial charge in [-0.2, -0.15) is 12.7 Å². The van der Waals surface area contributed by atoms with Crippen LogP contribution in [-0.4, -0.2) is 47.1 Å². The third kappa shape index (κ3) is 3.33. The summed E-state index contributed by atoms with van der Waals surface area (Å²) in [6, 6.07) is 3.44. The van der Waals surface area contributed by atoms with E-state index in [1.54, 1.807) is 18.2 Å². The molecule has 0 fully saturated rings. The zero-order valence-corrected chi connectivity index (χ0v) is 13.4. The highest BCUT2D eigenvalue weighted by molar-refractivity contribution is 7.83. The van der Waals surface area contributed by atoms with Gasteiger partial charge >= 0.3 is 10.4 Å². The molecule has 8 heteroatoms. The van der Waals surface area contributed by atoms with Crippen molar-refractivity contribution in [2.45, 2.75) is 6.42 Å². The molecule has 0 radical (unpaired) electrons. The number of hydrogen-bond acceptors (Lipinski definition) is 5. The van der Waals surface area contributed by atoms with Crippen molar-refractivity contribution in [3.63, 3.8) is 0 Å². The van der Waals surface area contributed by atoms with Crippen molar-refractivity contribution in [3.8, 4) is 17.2 Å². The maximum absolute atomic E-state index is 13.0. The summed E-state index contributed by atoms with van der Waals surface area (Å²) in [6.07, 6.45) is 2.02. The third-order valence-electron chi connectivity index (χ3n) is 3.52. The van der Waals surface area contributed by atoms with Crippen LogP contribution in [0.4, 0.5) is 3.89 Å². The van der Waals surface area contributed by atoms with E-state index >= 15 is 0 Å². The van der Waals surface area contributed by atoms with E-state index in [4.69, 9.17) is 14.2 Å². The summed E-state index contributed by atoms with van der Waals surface area (Å²) < 4.78 is 51.5. The Morgan fingerprint density at radius 1 is 1.09 bits per heavy atom. The van der Waals surface area contributed by atoms with Gasteiger partial charge in [-0.1, -0.05) is 9.96 Å². The van der Waals surface area contributed by atoms with Crippen LogP contribution in [0.3, 0.4) is 0 Å². The number of halogens is 1. The van der Waals surface area contributed by atoms with Gasteiger partial charge in [0.05, 0.1) is 26.9 Å². The second kappa shape index (κ2) is 6.53. The number of rotatable bonds is 5. The van der Waals surface area contributed by atoms with Gasteiger partial charge in [0.15, 0.2) is 0 Å². The Labute approximate surface area is 129 Å². The first-order chi connectivity index (χ1) is 10.4. The molecule has 22 heavy (non-hydrogen) atoms. The van der Waals surface area contributed by atoms with Crippen LogP contribution >= 0.6 is 0 Å². The molecule has 0 aliphatic carbocycles. The molecule has 1 aromatic carbocycles. The molecule has 0 spiro atoms. The molecule has 6 nitrogen and oxygen atoms in total. The number of methoxy groups -OCH3 is 3. The quantitative estimate of drug-likeness (QED) is 0.772. The highest BCUT2D eigenvalue weighted by Crippen LogP contribution is 2.41. The summed E-state index contributed by atoms with van der Waals surface area (Å²) in [5.74, 6) is 1.69. The topological polar surface area (TPSA) is 65.1 Å². The lowest BCUT2D eigenvalue weighted by atomic mass is 9.98. The van der Waals surface area contributed by atoms with Gasteiger partial charge in [0.25, 0.3) is 0 Å². The number of hydrogen-bond donors (Lipinski definition) is 0. The van der Waals surface area contributed by atoms with Gasteiger partial charge in [0.1, 0.15) is 17.2 Å².